The lowest BCUT2D eigenvalue weighted by Gasteiger charge is -2.48. The van der Waals surface area contributed by atoms with E-state index in [9.17, 15) is 0 Å². The van der Waals surface area contributed by atoms with Crippen molar-refractivity contribution < 1.29 is 0 Å². The molecule has 1 aliphatic rings. The quantitative estimate of drug-likeness (QED) is 0.491. The molecule has 1 saturated carbocycles. The molecular weight excluding hydrogens is 222 g/mol. The van der Waals surface area contributed by atoms with Crippen molar-refractivity contribution in [1.82, 2.24) is 0 Å². The first kappa shape index (κ1) is 14.5. The maximum atomic E-state index is 8.72. The Bertz CT molecular complexity index is 317. The van der Waals surface area contributed by atoms with Gasteiger partial charge in [0.1, 0.15) is 0 Å². The number of allylic oxidation sites excluding steroid dienone is 2. The van der Waals surface area contributed by atoms with E-state index in [1.807, 2.05) is 0 Å². The summed E-state index contributed by atoms with van der Waals surface area (Å²) in [4.78, 5) is 0. The fourth-order valence-corrected chi connectivity index (χ4v) is 6.40. The Morgan fingerprint density at radius 1 is 1.18 bits per heavy atom. The average Bonchev–Trinajstić information content (AvgIpc) is 2.25. The maximum absolute atomic E-state index is 8.72. The Labute approximate surface area is 108 Å². The minimum atomic E-state index is -1.28. The summed E-state index contributed by atoms with van der Waals surface area (Å²) in [5.41, 5.74) is 0.848. The third kappa shape index (κ3) is 3.22. The SMILES string of the molecule is CC(C)(C)[Si](C)(C)C1CCCCC1/C=C/C#N. The van der Waals surface area contributed by atoms with Crippen LogP contribution in [0.15, 0.2) is 12.2 Å². The molecule has 2 unspecified atom stereocenters. The summed E-state index contributed by atoms with van der Waals surface area (Å²) in [7, 11) is -1.28. The molecule has 0 aliphatic heterocycles. The summed E-state index contributed by atoms with van der Waals surface area (Å²) in [5.74, 6) is 0.657. The Hall–Kier alpha value is -0.553. The van der Waals surface area contributed by atoms with E-state index in [-0.39, 0.29) is 0 Å². The fraction of sp³-hybridized carbons (Fsp3) is 0.800. The molecule has 1 nitrogen and oxygen atoms in total. The van der Waals surface area contributed by atoms with E-state index >= 15 is 0 Å². The predicted molar refractivity (Wildman–Crippen MR) is 77.7 cm³/mol. The van der Waals surface area contributed by atoms with Crippen molar-refractivity contribution in [3.05, 3.63) is 12.2 Å². The van der Waals surface area contributed by atoms with Gasteiger partial charge in [0, 0.05) is 6.08 Å². The highest BCUT2D eigenvalue weighted by atomic mass is 28.3. The number of nitriles is 1. The first-order valence-corrected chi connectivity index (χ1v) is 9.94. The van der Waals surface area contributed by atoms with Crippen molar-refractivity contribution in [2.45, 2.75) is 70.1 Å². The van der Waals surface area contributed by atoms with E-state index in [1.54, 1.807) is 6.08 Å². The molecule has 0 aromatic heterocycles. The van der Waals surface area contributed by atoms with Crippen LogP contribution in [0.5, 0.6) is 0 Å². The lowest BCUT2D eigenvalue weighted by atomic mass is 9.88. The molecule has 0 heterocycles. The van der Waals surface area contributed by atoms with E-state index in [4.69, 9.17) is 5.26 Å². The molecule has 0 saturated heterocycles. The smallest absolute Gasteiger partial charge is 0.0908 e. The van der Waals surface area contributed by atoms with Gasteiger partial charge in [0.15, 0.2) is 0 Å². The van der Waals surface area contributed by atoms with Crippen LogP contribution in [-0.4, -0.2) is 8.07 Å². The standard InChI is InChI=1S/C15H27NSi/c1-15(2,3)17(4,5)14-11-7-6-9-13(14)10-8-12-16/h8,10,13-14H,6-7,9,11H2,1-5H3/b10-8+. The first-order chi connectivity index (χ1) is 7.80. The highest BCUT2D eigenvalue weighted by molar-refractivity contribution is 6.81. The minimum Gasteiger partial charge on any atom is -0.193 e. The lowest BCUT2D eigenvalue weighted by molar-refractivity contribution is 0.400. The second kappa shape index (κ2) is 5.39. The minimum absolute atomic E-state index is 0.452. The second-order valence-electron chi connectivity index (χ2n) is 7.01. The molecule has 17 heavy (non-hydrogen) atoms. The van der Waals surface area contributed by atoms with Crippen LogP contribution in [0.1, 0.15) is 46.5 Å². The Morgan fingerprint density at radius 2 is 1.76 bits per heavy atom. The van der Waals surface area contributed by atoms with Gasteiger partial charge in [-0.2, -0.15) is 5.26 Å². The van der Waals surface area contributed by atoms with Gasteiger partial charge in [0.05, 0.1) is 14.1 Å². The molecule has 0 spiro atoms. The second-order valence-corrected chi connectivity index (χ2v) is 12.7. The monoisotopic (exact) mass is 249 g/mol. The van der Waals surface area contributed by atoms with Crippen molar-refractivity contribution in [3.63, 3.8) is 0 Å². The molecule has 2 heteroatoms. The molecule has 0 amide bonds. The molecule has 1 fully saturated rings. The van der Waals surface area contributed by atoms with E-state index in [1.165, 1.54) is 25.7 Å². The van der Waals surface area contributed by atoms with Crippen molar-refractivity contribution in [2.75, 3.05) is 0 Å². The molecule has 0 aromatic rings. The zero-order chi connectivity index (χ0) is 13.1. The highest BCUT2D eigenvalue weighted by Gasteiger charge is 2.45. The van der Waals surface area contributed by atoms with Gasteiger partial charge < -0.3 is 0 Å². The third-order valence-corrected chi connectivity index (χ3v) is 11.5. The van der Waals surface area contributed by atoms with Crippen molar-refractivity contribution in [1.29, 1.82) is 5.26 Å². The van der Waals surface area contributed by atoms with Crippen molar-refractivity contribution in [2.24, 2.45) is 5.92 Å². The summed E-state index contributed by atoms with van der Waals surface area (Å²) in [6.45, 7) is 12.3. The number of rotatable bonds is 2. The molecule has 0 radical (unpaired) electrons. The van der Waals surface area contributed by atoms with Crippen LogP contribution < -0.4 is 0 Å². The molecule has 0 N–H and O–H groups in total. The summed E-state index contributed by atoms with van der Waals surface area (Å²) in [6, 6.07) is 2.16. The Kier molecular flexibility index (Phi) is 4.60. The van der Waals surface area contributed by atoms with Crippen LogP contribution in [0.2, 0.25) is 23.7 Å². The molecule has 1 aliphatic carbocycles. The van der Waals surface area contributed by atoms with E-state index in [2.05, 4.69) is 46.0 Å². The molecule has 2 atom stereocenters. The van der Waals surface area contributed by atoms with Crippen LogP contribution >= 0.6 is 0 Å². The zero-order valence-electron chi connectivity index (χ0n) is 12.1. The van der Waals surface area contributed by atoms with Crippen LogP contribution in [0.4, 0.5) is 0 Å². The van der Waals surface area contributed by atoms with Gasteiger partial charge in [-0.25, -0.2) is 0 Å². The Balaban J connectivity index is 2.92. The van der Waals surface area contributed by atoms with Gasteiger partial charge in [-0.3, -0.25) is 0 Å². The normalized spacial score (nSPS) is 27.1. The number of nitrogens with zero attached hydrogens (tertiary/aromatic N) is 1. The van der Waals surface area contributed by atoms with Gasteiger partial charge in [-0.05, 0) is 22.9 Å². The van der Waals surface area contributed by atoms with Crippen LogP contribution in [0, 0.1) is 17.2 Å². The van der Waals surface area contributed by atoms with Crippen molar-refractivity contribution in [3.8, 4) is 6.07 Å². The summed E-state index contributed by atoms with van der Waals surface area (Å²) in [5, 5.41) is 9.17. The largest absolute Gasteiger partial charge is 0.193 e. The van der Waals surface area contributed by atoms with Gasteiger partial charge in [0.25, 0.3) is 0 Å². The van der Waals surface area contributed by atoms with Crippen LogP contribution in [0.25, 0.3) is 0 Å². The van der Waals surface area contributed by atoms with Gasteiger partial charge in [-0.1, -0.05) is 59.2 Å². The number of hydrogen-bond donors (Lipinski definition) is 0. The summed E-state index contributed by atoms with van der Waals surface area (Å²) in [6.07, 6.45) is 9.27. The fourth-order valence-electron chi connectivity index (χ4n) is 3.01. The molecule has 0 aromatic carbocycles. The maximum Gasteiger partial charge on any atom is 0.0908 e. The first-order valence-electron chi connectivity index (χ1n) is 6.87. The van der Waals surface area contributed by atoms with Gasteiger partial charge in [0.2, 0.25) is 0 Å². The predicted octanol–water partition coefficient (Wildman–Crippen LogP) is 5.14. The topological polar surface area (TPSA) is 23.8 Å². The average molecular weight is 249 g/mol. The summed E-state index contributed by atoms with van der Waals surface area (Å²) >= 11 is 0. The molecular formula is C15H27NSi. The Morgan fingerprint density at radius 3 is 2.29 bits per heavy atom. The van der Waals surface area contributed by atoms with E-state index in [0.29, 0.717) is 11.0 Å². The highest BCUT2D eigenvalue weighted by Crippen LogP contribution is 2.51. The number of hydrogen-bond acceptors (Lipinski definition) is 1. The molecule has 96 valence electrons. The third-order valence-electron chi connectivity index (χ3n) is 5.10. The van der Waals surface area contributed by atoms with Crippen LogP contribution in [0.3, 0.4) is 0 Å². The lowest BCUT2D eigenvalue weighted by Crippen LogP contribution is -2.45. The zero-order valence-corrected chi connectivity index (χ0v) is 13.1. The van der Waals surface area contributed by atoms with E-state index < -0.39 is 8.07 Å². The molecule has 1 rings (SSSR count). The van der Waals surface area contributed by atoms with Crippen molar-refractivity contribution >= 4 is 8.07 Å². The van der Waals surface area contributed by atoms with E-state index in [0.717, 1.165) is 5.54 Å². The van der Waals surface area contributed by atoms with Gasteiger partial charge in [-0.15, -0.1) is 0 Å². The van der Waals surface area contributed by atoms with Crippen LogP contribution in [-0.2, 0) is 0 Å². The summed E-state index contributed by atoms with van der Waals surface area (Å²) < 4.78 is 0. The van der Waals surface area contributed by atoms with Gasteiger partial charge >= 0.3 is 0 Å². The molecule has 0 bridgehead atoms.